The van der Waals surface area contributed by atoms with Gasteiger partial charge in [0.05, 0.1) is 23.0 Å². The molecule has 32 heavy (non-hydrogen) atoms. The first-order valence-corrected chi connectivity index (χ1v) is 10.6. The number of amides is 1. The Morgan fingerprint density at radius 2 is 1.91 bits per heavy atom. The maximum atomic E-state index is 12.7. The average molecular weight is 429 g/mol. The number of aromatic amines is 2. The van der Waals surface area contributed by atoms with Gasteiger partial charge in [-0.2, -0.15) is 0 Å². The van der Waals surface area contributed by atoms with E-state index in [4.69, 9.17) is 0 Å². The molecule has 8 heteroatoms. The second kappa shape index (κ2) is 8.32. The number of pyridine rings is 1. The lowest BCUT2D eigenvalue weighted by atomic mass is 10.1. The second-order valence-electron chi connectivity index (χ2n) is 7.95. The molecule has 0 bridgehead atoms. The summed E-state index contributed by atoms with van der Waals surface area (Å²) < 4.78 is 0. The standard InChI is InChI=1S/C24H23N5O3/c30-19(14-5-2-1-3-6-14)13-26-16-11-12-25-24(32)20(16)22-27-17-7-4-8-18(21(17)29-22)28-23(31)15-9-10-15/h1-8,11-12,15,19,30H,9-10,13H2,(H,27,29)(H,28,31)(H2,25,26,32)/t19-/m1/s1. The number of hydrogen-bond acceptors (Lipinski definition) is 5. The van der Waals surface area contributed by atoms with Gasteiger partial charge in [-0.25, -0.2) is 4.98 Å². The van der Waals surface area contributed by atoms with Crippen LogP contribution in [0.15, 0.2) is 65.6 Å². The summed E-state index contributed by atoms with van der Waals surface area (Å²) in [5.74, 6) is 0.455. The van der Waals surface area contributed by atoms with Crippen molar-refractivity contribution >= 4 is 28.3 Å². The van der Waals surface area contributed by atoms with Crippen LogP contribution in [0.2, 0.25) is 0 Å². The number of benzene rings is 2. The number of para-hydroxylation sites is 1. The van der Waals surface area contributed by atoms with Gasteiger partial charge in [-0.05, 0) is 36.6 Å². The van der Waals surface area contributed by atoms with E-state index < -0.39 is 6.10 Å². The van der Waals surface area contributed by atoms with Gasteiger partial charge in [0, 0.05) is 18.7 Å². The van der Waals surface area contributed by atoms with E-state index in [9.17, 15) is 14.7 Å². The number of imidazole rings is 1. The summed E-state index contributed by atoms with van der Waals surface area (Å²) in [6.45, 7) is 0.226. The minimum absolute atomic E-state index is 0.00290. The highest BCUT2D eigenvalue weighted by atomic mass is 16.3. The molecule has 8 nitrogen and oxygen atoms in total. The Balaban J connectivity index is 1.45. The van der Waals surface area contributed by atoms with Gasteiger partial charge in [-0.15, -0.1) is 0 Å². The molecule has 0 spiro atoms. The summed E-state index contributed by atoms with van der Waals surface area (Å²) in [4.78, 5) is 35.4. The zero-order valence-electron chi connectivity index (χ0n) is 17.3. The van der Waals surface area contributed by atoms with Crippen molar-refractivity contribution < 1.29 is 9.90 Å². The third kappa shape index (κ3) is 4.00. The molecule has 1 aliphatic carbocycles. The van der Waals surface area contributed by atoms with Gasteiger partial charge in [0.2, 0.25) is 5.91 Å². The van der Waals surface area contributed by atoms with Crippen LogP contribution in [0, 0.1) is 5.92 Å². The van der Waals surface area contributed by atoms with Crippen LogP contribution >= 0.6 is 0 Å². The molecule has 0 unspecified atom stereocenters. The number of rotatable bonds is 7. The molecular weight excluding hydrogens is 406 g/mol. The predicted molar refractivity (Wildman–Crippen MR) is 123 cm³/mol. The molecule has 1 amide bonds. The first kappa shape index (κ1) is 20.0. The number of carbonyl (C=O) groups excluding carboxylic acids is 1. The summed E-state index contributed by atoms with van der Waals surface area (Å²) in [6, 6.07) is 16.5. The van der Waals surface area contributed by atoms with E-state index in [1.807, 2.05) is 42.5 Å². The van der Waals surface area contributed by atoms with Gasteiger partial charge in [0.25, 0.3) is 5.56 Å². The number of aliphatic hydroxyl groups excluding tert-OH is 1. The van der Waals surface area contributed by atoms with E-state index in [1.54, 1.807) is 18.3 Å². The fourth-order valence-electron chi connectivity index (χ4n) is 3.69. The van der Waals surface area contributed by atoms with Crippen molar-refractivity contribution in [2.24, 2.45) is 5.92 Å². The maximum absolute atomic E-state index is 12.7. The van der Waals surface area contributed by atoms with E-state index >= 15 is 0 Å². The van der Waals surface area contributed by atoms with Gasteiger partial charge in [-0.3, -0.25) is 9.59 Å². The molecule has 2 aromatic heterocycles. The number of fused-ring (bicyclic) bond motifs is 1. The van der Waals surface area contributed by atoms with Crippen LogP contribution in [0.4, 0.5) is 11.4 Å². The predicted octanol–water partition coefficient (Wildman–Crippen LogP) is 3.41. The summed E-state index contributed by atoms with van der Waals surface area (Å²) in [6.07, 6.45) is 2.64. The summed E-state index contributed by atoms with van der Waals surface area (Å²) in [5.41, 5.74) is 3.28. The highest BCUT2D eigenvalue weighted by molar-refractivity contribution is 6.02. The monoisotopic (exact) mass is 429 g/mol. The van der Waals surface area contributed by atoms with Crippen LogP contribution in [0.25, 0.3) is 22.4 Å². The van der Waals surface area contributed by atoms with Crippen LogP contribution in [-0.4, -0.2) is 32.5 Å². The lowest BCUT2D eigenvalue weighted by Gasteiger charge is -2.14. The van der Waals surface area contributed by atoms with E-state index in [0.29, 0.717) is 33.8 Å². The smallest absolute Gasteiger partial charge is 0.261 e. The van der Waals surface area contributed by atoms with Crippen molar-refractivity contribution in [2.75, 3.05) is 17.2 Å². The zero-order chi connectivity index (χ0) is 22.1. The number of nitrogens with zero attached hydrogens (tertiary/aromatic N) is 1. The molecular formula is C24H23N5O3. The summed E-state index contributed by atoms with van der Waals surface area (Å²) in [5, 5.41) is 16.6. The number of nitrogens with one attached hydrogen (secondary N) is 4. The fourth-order valence-corrected chi connectivity index (χ4v) is 3.69. The molecule has 2 heterocycles. The Labute approximate surface area is 183 Å². The van der Waals surface area contributed by atoms with E-state index in [-0.39, 0.29) is 23.9 Å². The topological polar surface area (TPSA) is 123 Å². The van der Waals surface area contributed by atoms with Gasteiger partial charge >= 0.3 is 0 Å². The van der Waals surface area contributed by atoms with Gasteiger partial charge in [0.1, 0.15) is 16.9 Å². The van der Waals surface area contributed by atoms with Crippen LogP contribution in [0.1, 0.15) is 24.5 Å². The minimum Gasteiger partial charge on any atom is -0.387 e. The molecule has 0 saturated heterocycles. The first-order valence-electron chi connectivity index (χ1n) is 10.6. The summed E-state index contributed by atoms with van der Waals surface area (Å²) in [7, 11) is 0. The van der Waals surface area contributed by atoms with Crippen LogP contribution in [0.5, 0.6) is 0 Å². The largest absolute Gasteiger partial charge is 0.387 e. The molecule has 5 N–H and O–H groups in total. The van der Waals surface area contributed by atoms with E-state index in [1.165, 1.54) is 0 Å². The number of anilines is 2. The molecule has 0 aliphatic heterocycles. The van der Waals surface area contributed by atoms with Crippen LogP contribution < -0.4 is 16.2 Å². The highest BCUT2D eigenvalue weighted by Gasteiger charge is 2.30. The summed E-state index contributed by atoms with van der Waals surface area (Å²) >= 11 is 0. The van der Waals surface area contributed by atoms with E-state index in [0.717, 1.165) is 18.4 Å². The molecule has 162 valence electrons. The number of aliphatic hydroxyl groups is 1. The Morgan fingerprint density at radius 3 is 2.69 bits per heavy atom. The SMILES string of the molecule is O=C(Nc1cccc2[nH]c(-c3c(NC[C@@H](O)c4ccccc4)cc[nH]c3=O)nc12)C1CC1. The zero-order valence-corrected chi connectivity index (χ0v) is 17.3. The fraction of sp³-hybridized carbons (Fsp3) is 0.208. The quantitative estimate of drug-likeness (QED) is 0.308. The minimum atomic E-state index is -0.733. The molecule has 5 rings (SSSR count). The van der Waals surface area contributed by atoms with Gasteiger partial charge in [0.15, 0.2) is 0 Å². The van der Waals surface area contributed by atoms with Crippen LogP contribution in [0.3, 0.4) is 0 Å². The third-order valence-corrected chi connectivity index (χ3v) is 5.59. The van der Waals surface area contributed by atoms with E-state index in [2.05, 4.69) is 25.6 Å². The van der Waals surface area contributed by atoms with Gasteiger partial charge < -0.3 is 25.7 Å². The number of aromatic nitrogens is 3. The van der Waals surface area contributed by atoms with Crippen molar-refractivity contribution in [1.82, 2.24) is 15.0 Å². The van der Waals surface area contributed by atoms with Crippen molar-refractivity contribution in [3.63, 3.8) is 0 Å². The van der Waals surface area contributed by atoms with Crippen LogP contribution in [-0.2, 0) is 4.79 Å². The Bertz CT molecular complexity index is 1320. The molecule has 1 aliphatic rings. The van der Waals surface area contributed by atoms with Gasteiger partial charge in [-0.1, -0.05) is 36.4 Å². The lowest BCUT2D eigenvalue weighted by Crippen LogP contribution is -2.17. The third-order valence-electron chi connectivity index (χ3n) is 5.59. The molecule has 1 atom stereocenters. The number of H-pyrrole nitrogens is 2. The molecule has 1 saturated carbocycles. The molecule has 1 fully saturated rings. The van der Waals surface area contributed by atoms with Crippen molar-refractivity contribution in [3.05, 3.63) is 76.7 Å². The molecule has 4 aromatic rings. The normalized spacial score (nSPS) is 14.3. The number of carbonyl (C=O) groups is 1. The Kier molecular flexibility index (Phi) is 5.20. The highest BCUT2D eigenvalue weighted by Crippen LogP contribution is 2.32. The van der Waals surface area contributed by atoms with Crippen molar-refractivity contribution in [3.8, 4) is 11.4 Å². The lowest BCUT2D eigenvalue weighted by molar-refractivity contribution is -0.117. The van der Waals surface area contributed by atoms with Crippen molar-refractivity contribution in [2.45, 2.75) is 18.9 Å². The first-order chi connectivity index (χ1) is 15.6. The number of hydrogen-bond donors (Lipinski definition) is 5. The molecule has 2 aromatic carbocycles. The Hall–Kier alpha value is -3.91. The van der Waals surface area contributed by atoms with Crippen molar-refractivity contribution in [1.29, 1.82) is 0 Å². The maximum Gasteiger partial charge on any atom is 0.261 e. The Morgan fingerprint density at radius 1 is 1.09 bits per heavy atom. The average Bonchev–Trinajstić information content (AvgIpc) is 3.57. The molecule has 0 radical (unpaired) electrons. The second-order valence-corrected chi connectivity index (χ2v) is 7.95.